The summed E-state index contributed by atoms with van der Waals surface area (Å²) < 4.78 is 27.4. The van der Waals surface area contributed by atoms with E-state index in [-0.39, 0.29) is 6.04 Å². The first-order valence-electron chi connectivity index (χ1n) is 5.90. The van der Waals surface area contributed by atoms with E-state index in [1.54, 1.807) is 16.4 Å². The van der Waals surface area contributed by atoms with E-state index >= 15 is 0 Å². The fraction of sp³-hybridized carbons (Fsp3) is 0.500. The van der Waals surface area contributed by atoms with Gasteiger partial charge in [0.05, 0.1) is 4.90 Å². The summed E-state index contributed by atoms with van der Waals surface area (Å²) in [5, 5.41) is 3.24. The molecular weight excluding hydrogens is 316 g/mol. The minimum Gasteiger partial charge on any atom is -0.312 e. The lowest BCUT2D eigenvalue weighted by molar-refractivity contribution is 0.310. The summed E-state index contributed by atoms with van der Waals surface area (Å²) in [5.41, 5.74) is 0.936. The van der Waals surface area contributed by atoms with Gasteiger partial charge in [0.15, 0.2) is 0 Å². The minimum absolute atomic E-state index is 0.196. The zero-order valence-corrected chi connectivity index (χ0v) is 12.9. The summed E-state index contributed by atoms with van der Waals surface area (Å²) in [6.07, 6.45) is 0. The predicted molar refractivity (Wildman–Crippen MR) is 75.1 cm³/mol. The second kappa shape index (κ2) is 5.28. The van der Waals surface area contributed by atoms with E-state index in [2.05, 4.69) is 21.2 Å². The van der Waals surface area contributed by atoms with Crippen molar-refractivity contribution < 1.29 is 8.42 Å². The number of benzene rings is 1. The molecule has 1 aromatic carbocycles. The molecular formula is C12H17BrN2O2S. The molecule has 6 heteroatoms. The van der Waals surface area contributed by atoms with Crippen LogP contribution in [0.15, 0.2) is 27.6 Å². The SMILES string of the molecule is Cc1cc(Br)cc(S(=O)(=O)N2CCNC(C)C2)c1. The van der Waals surface area contributed by atoms with Gasteiger partial charge >= 0.3 is 0 Å². The number of aryl methyl sites for hydroxylation is 1. The standard InChI is InChI=1S/C12H17BrN2O2S/c1-9-5-11(13)7-12(6-9)18(16,17)15-4-3-14-10(2)8-15/h5-7,10,14H,3-4,8H2,1-2H3. The van der Waals surface area contributed by atoms with Gasteiger partial charge in [-0.2, -0.15) is 4.31 Å². The lowest BCUT2D eigenvalue weighted by Gasteiger charge is -2.31. The van der Waals surface area contributed by atoms with Gasteiger partial charge in [-0.1, -0.05) is 15.9 Å². The maximum atomic E-state index is 12.5. The van der Waals surface area contributed by atoms with Gasteiger partial charge in [0.1, 0.15) is 0 Å². The maximum Gasteiger partial charge on any atom is 0.243 e. The quantitative estimate of drug-likeness (QED) is 0.897. The highest BCUT2D eigenvalue weighted by molar-refractivity contribution is 9.10. The van der Waals surface area contributed by atoms with E-state index in [1.165, 1.54) is 0 Å². The maximum absolute atomic E-state index is 12.5. The van der Waals surface area contributed by atoms with Crippen molar-refractivity contribution in [1.82, 2.24) is 9.62 Å². The van der Waals surface area contributed by atoms with Gasteiger partial charge in [-0.25, -0.2) is 8.42 Å². The summed E-state index contributed by atoms with van der Waals surface area (Å²) in [5.74, 6) is 0. The molecule has 1 aliphatic heterocycles. The van der Waals surface area contributed by atoms with E-state index in [0.29, 0.717) is 24.5 Å². The first-order valence-corrected chi connectivity index (χ1v) is 8.13. The first kappa shape index (κ1) is 14.0. The van der Waals surface area contributed by atoms with Crippen molar-refractivity contribution in [3.8, 4) is 0 Å². The van der Waals surface area contributed by atoms with Gasteiger partial charge in [-0.05, 0) is 37.6 Å². The zero-order chi connectivity index (χ0) is 13.3. The highest BCUT2D eigenvalue weighted by Crippen LogP contribution is 2.23. The molecule has 1 aliphatic rings. The number of nitrogens with one attached hydrogen (secondary N) is 1. The van der Waals surface area contributed by atoms with Crippen molar-refractivity contribution in [2.24, 2.45) is 0 Å². The molecule has 1 unspecified atom stereocenters. The lowest BCUT2D eigenvalue weighted by atomic mass is 10.2. The van der Waals surface area contributed by atoms with Crippen LogP contribution in [0.2, 0.25) is 0 Å². The van der Waals surface area contributed by atoms with E-state index in [0.717, 1.165) is 10.0 Å². The Kier molecular flexibility index (Phi) is 4.11. The Bertz CT molecular complexity index is 525. The number of hydrogen-bond acceptors (Lipinski definition) is 3. The summed E-state index contributed by atoms with van der Waals surface area (Å²) in [6, 6.07) is 5.48. The van der Waals surface area contributed by atoms with Crippen molar-refractivity contribution in [3.63, 3.8) is 0 Å². The molecule has 0 radical (unpaired) electrons. The molecule has 0 spiro atoms. The Morgan fingerprint density at radius 3 is 2.72 bits per heavy atom. The number of nitrogens with zero attached hydrogens (tertiary/aromatic N) is 1. The third kappa shape index (κ3) is 2.93. The van der Waals surface area contributed by atoms with Crippen molar-refractivity contribution in [2.45, 2.75) is 24.8 Å². The Morgan fingerprint density at radius 1 is 1.39 bits per heavy atom. The summed E-state index contributed by atoms with van der Waals surface area (Å²) >= 11 is 3.35. The number of rotatable bonds is 2. The minimum atomic E-state index is -3.38. The van der Waals surface area contributed by atoms with E-state index in [1.807, 2.05) is 19.9 Å². The third-order valence-corrected chi connectivity index (χ3v) is 5.29. The Labute approximate surface area is 117 Å². The van der Waals surface area contributed by atoms with Gasteiger partial charge in [0, 0.05) is 30.1 Å². The zero-order valence-electron chi connectivity index (χ0n) is 10.5. The van der Waals surface area contributed by atoms with Crippen LogP contribution >= 0.6 is 15.9 Å². The van der Waals surface area contributed by atoms with Crippen LogP contribution in [0.3, 0.4) is 0 Å². The van der Waals surface area contributed by atoms with Crippen LogP contribution in [0.4, 0.5) is 0 Å². The Morgan fingerprint density at radius 2 is 2.11 bits per heavy atom. The fourth-order valence-corrected chi connectivity index (χ4v) is 4.54. The normalized spacial score (nSPS) is 22.1. The number of sulfonamides is 1. The van der Waals surface area contributed by atoms with Crippen molar-refractivity contribution in [2.75, 3.05) is 19.6 Å². The molecule has 0 aliphatic carbocycles. The average molecular weight is 333 g/mol. The molecule has 4 nitrogen and oxygen atoms in total. The second-order valence-electron chi connectivity index (χ2n) is 4.68. The largest absolute Gasteiger partial charge is 0.312 e. The van der Waals surface area contributed by atoms with Crippen LogP contribution < -0.4 is 5.32 Å². The number of halogens is 1. The van der Waals surface area contributed by atoms with Gasteiger partial charge < -0.3 is 5.32 Å². The predicted octanol–water partition coefficient (Wildman–Crippen LogP) is 1.74. The third-order valence-electron chi connectivity index (χ3n) is 2.98. The molecule has 1 saturated heterocycles. The first-order chi connectivity index (χ1) is 8.39. The van der Waals surface area contributed by atoms with Crippen LogP contribution in [0, 0.1) is 6.92 Å². The average Bonchev–Trinajstić information content (AvgIpc) is 2.27. The summed E-state index contributed by atoms with van der Waals surface area (Å²) in [6.45, 7) is 5.64. The monoisotopic (exact) mass is 332 g/mol. The van der Waals surface area contributed by atoms with Gasteiger partial charge in [0.2, 0.25) is 10.0 Å². The van der Waals surface area contributed by atoms with Crippen LogP contribution in [0.5, 0.6) is 0 Å². The van der Waals surface area contributed by atoms with Gasteiger partial charge in [0.25, 0.3) is 0 Å². The molecule has 0 aromatic heterocycles. The van der Waals surface area contributed by atoms with E-state index < -0.39 is 10.0 Å². The summed E-state index contributed by atoms with van der Waals surface area (Å²) in [7, 11) is -3.38. The highest BCUT2D eigenvalue weighted by atomic mass is 79.9. The smallest absolute Gasteiger partial charge is 0.243 e. The molecule has 0 bridgehead atoms. The molecule has 1 N–H and O–H groups in total. The highest BCUT2D eigenvalue weighted by Gasteiger charge is 2.28. The Hall–Kier alpha value is -0.430. The van der Waals surface area contributed by atoms with Crippen LogP contribution in [0.25, 0.3) is 0 Å². The van der Waals surface area contributed by atoms with Crippen LogP contribution in [-0.2, 0) is 10.0 Å². The molecule has 0 saturated carbocycles. The van der Waals surface area contributed by atoms with Crippen molar-refractivity contribution >= 4 is 26.0 Å². The number of piperazine rings is 1. The lowest BCUT2D eigenvalue weighted by Crippen LogP contribution is -2.51. The fourth-order valence-electron chi connectivity index (χ4n) is 2.12. The molecule has 1 heterocycles. The molecule has 100 valence electrons. The van der Waals surface area contributed by atoms with Crippen molar-refractivity contribution in [1.29, 1.82) is 0 Å². The molecule has 0 amide bonds. The molecule has 1 atom stereocenters. The van der Waals surface area contributed by atoms with Gasteiger partial charge in [-0.3, -0.25) is 0 Å². The Balaban J connectivity index is 2.35. The number of hydrogen-bond donors (Lipinski definition) is 1. The van der Waals surface area contributed by atoms with Crippen LogP contribution in [0.1, 0.15) is 12.5 Å². The molecule has 18 heavy (non-hydrogen) atoms. The molecule has 2 rings (SSSR count). The topological polar surface area (TPSA) is 49.4 Å². The van der Waals surface area contributed by atoms with Gasteiger partial charge in [-0.15, -0.1) is 0 Å². The van der Waals surface area contributed by atoms with Crippen LogP contribution in [-0.4, -0.2) is 38.4 Å². The molecule has 1 aromatic rings. The van der Waals surface area contributed by atoms with E-state index in [4.69, 9.17) is 0 Å². The van der Waals surface area contributed by atoms with E-state index in [9.17, 15) is 8.42 Å². The summed E-state index contributed by atoms with van der Waals surface area (Å²) in [4.78, 5) is 0.364. The molecule has 1 fully saturated rings. The van der Waals surface area contributed by atoms with Crippen molar-refractivity contribution in [3.05, 3.63) is 28.2 Å². The second-order valence-corrected chi connectivity index (χ2v) is 7.54.